The summed E-state index contributed by atoms with van der Waals surface area (Å²) in [6, 6.07) is 5.57. The van der Waals surface area contributed by atoms with E-state index in [-0.39, 0.29) is 16.7 Å². The number of carboxylic acids is 1. The summed E-state index contributed by atoms with van der Waals surface area (Å²) in [6.45, 7) is 0. The van der Waals surface area contributed by atoms with Crippen LogP contribution >= 0.6 is 0 Å². The molecule has 0 bridgehead atoms. The summed E-state index contributed by atoms with van der Waals surface area (Å²) < 4.78 is 4.37. The van der Waals surface area contributed by atoms with Gasteiger partial charge in [-0.05, 0) is 17.7 Å². The van der Waals surface area contributed by atoms with Crippen LogP contribution in [0.2, 0.25) is 0 Å². The molecule has 1 aromatic carbocycles. The number of phenols is 1. The van der Waals surface area contributed by atoms with Crippen molar-refractivity contribution in [3.8, 4) is 11.8 Å². The molecule has 0 aliphatic carbocycles. The van der Waals surface area contributed by atoms with E-state index in [2.05, 4.69) is 4.74 Å². The van der Waals surface area contributed by atoms with Crippen molar-refractivity contribution >= 4 is 18.0 Å². The maximum atomic E-state index is 11.2. The summed E-state index contributed by atoms with van der Waals surface area (Å²) >= 11 is 0. The Balaban J connectivity index is 3.39. The molecule has 18 heavy (non-hydrogen) atoms. The molecule has 92 valence electrons. The third-order valence-electron chi connectivity index (χ3n) is 2.11. The SMILES string of the molecule is COC(=O)/C(C#N)=C/c1cccc(O)c1C(=O)O. The topological polar surface area (TPSA) is 108 Å². The predicted octanol–water partition coefficient (Wildman–Crippen LogP) is 1.17. The van der Waals surface area contributed by atoms with Crippen LogP contribution in [-0.2, 0) is 9.53 Å². The maximum absolute atomic E-state index is 11.2. The maximum Gasteiger partial charge on any atom is 0.348 e. The van der Waals surface area contributed by atoms with Gasteiger partial charge in [-0.2, -0.15) is 5.26 Å². The van der Waals surface area contributed by atoms with Gasteiger partial charge >= 0.3 is 11.9 Å². The molecule has 1 rings (SSSR count). The fraction of sp³-hybridized carbons (Fsp3) is 0.0833. The van der Waals surface area contributed by atoms with Crippen molar-refractivity contribution in [3.63, 3.8) is 0 Å². The molecule has 0 aromatic heterocycles. The van der Waals surface area contributed by atoms with Crippen LogP contribution in [-0.4, -0.2) is 29.3 Å². The van der Waals surface area contributed by atoms with E-state index in [1.54, 1.807) is 6.07 Å². The number of rotatable bonds is 3. The first-order valence-corrected chi connectivity index (χ1v) is 4.76. The molecule has 2 N–H and O–H groups in total. The van der Waals surface area contributed by atoms with Crippen molar-refractivity contribution in [1.82, 2.24) is 0 Å². The second-order valence-electron chi connectivity index (χ2n) is 3.21. The van der Waals surface area contributed by atoms with Crippen molar-refractivity contribution in [2.24, 2.45) is 0 Å². The number of hydrogen-bond donors (Lipinski definition) is 2. The molecule has 0 fully saturated rings. The van der Waals surface area contributed by atoms with Crippen LogP contribution in [0, 0.1) is 11.3 Å². The highest BCUT2D eigenvalue weighted by atomic mass is 16.5. The summed E-state index contributed by atoms with van der Waals surface area (Å²) in [7, 11) is 1.11. The lowest BCUT2D eigenvalue weighted by atomic mass is 10.0. The Labute approximate surface area is 102 Å². The molecular weight excluding hydrogens is 238 g/mol. The van der Waals surface area contributed by atoms with Gasteiger partial charge in [-0.3, -0.25) is 0 Å². The minimum atomic E-state index is -1.36. The zero-order valence-electron chi connectivity index (χ0n) is 9.38. The number of aromatic carboxylic acids is 1. The van der Waals surface area contributed by atoms with Gasteiger partial charge in [0.1, 0.15) is 23.0 Å². The van der Waals surface area contributed by atoms with Crippen molar-refractivity contribution in [2.75, 3.05) is 7.11 Å². The summed E-state index contributed by atoms with van der Waals surface area (Å²) in [5, 5.41) is 27.1. The third kappa shape index (κ3) is 2.65. The Bertz CT molecular complexity index is 568. The molecule has 0 amide bonds. The minimum Gasteiger partial charge on any atom is -0.507 e. The van der Waals surface area contributed by atoms with Gasteiger partial charge in [-0.25, -0.2) is 9.59 Å². The van der Waals surface area contributed by atoms with Gasteiger partial charge in [0.15, 0.2) is 0 Å². The lowest BCUT2D eigenvalue weighted by Crippen LogP contribution is -2.05. The van der Waals surface area contributed by atoms with E-state index in [0.29, 0.717) is 0 Å². The van der Waals surface area contributed by atoms with Crippen LogP contribution < -0.4 is 0 Å². The molecular formula is C12H9NO5. The van der Waals surface area contributed by atoms with Gasteiger partial charge in [-0.1, -0.05) is 12.1 Å². The first-order chi connectivity index (χ1) is 8.51. The van der Waals surface area contributed by atoms with Gasteiger partial charge < -0.3 is 14.9 Å². The van der Waals surface area contributed by atoms with Crippen LogP contribution in [0.5, 0.6) is 5.75 Å². The third-order valence-corrected chi connectivity index (χ3v) is 2.11. The Hall–Kier alpha value is -2.81. The van der Waals surface area contributed by atoms with E-state index in [1.807, 2.05) is 0 Å². The largest absolute Gasteiger partial charge is 0.507 e. The highest BCUT2D eigenvalue weighted by molar-refractivity contribution is 6.01. The molecule has 0 atom stereocenters. The fourth-order valence-electron chi connectivity index (χ4n) is 1.31. The normalized spacial score (nSPS) is 10.6. The Morgan fingerprint density at radius 2 is 2.11 bits per heavy atom. The zero-order valence-corrected chi connectivity index (χ0v) is 9.38. The van der Waals surface area contributed by atoms with Gasteiger partial charge in [0, 0.05) is 0 Å². The molecule has 0 radical (unpaired) electrons. The molecule has 0 saturated heterocycles. The van der Waals surface area contributed by atoms with Gasteiger partial charge in [0.25, 0.3) is 0 Å². The zero-order chi connectivity index (χ0) is 13.7. The van der Waals surface area contributed by atoms with E-state index in [4.69, 9.17) is 10.4 Å². The van der Waals surface area contributed by atoms with E-state index < -0.39 is 17.7 Å². The van der Waals surface area contributed by atoms with Gasteiger partial charge in [0.05, 0.1) is 7.11 Å². The Morgan fingerprint density at radius 1 is 1.44 bits per heavy atom. The molecule has 0 heterocycles. The number of carbonyl (C=O) groups is 2. The van der Waals surface area contributed by atoms with Crippen LogP contribution in [0.25, 0.3) is 6.08 Å². The number of esters is 1. The summed E-state index contributed by atoms with van der Waals surface area (Å²) in [5.74, 6) is -2.68. The highest BCUT2D eigenvalue weighted by Crippen LogP contribution is 2.23. The molecule has 0 unspecified atom stereocenters. The molecule has 6 heteroatoms. The summed E-state index contributed by atoms with van der Waals surface area (Å²) in [6.07, 6.45) is 1.05. The number of carbonyl (C=O) groups excluding carboxylic acids is 1. The summed E-state index contributed by atoms with van der Waals surface area (Å²) in [5.41, 5.74) is -0.691. The molecule has 0 aliphatic rings. The second kappa shape index (κ2) is 5.50. The van der Waals surface area contributed by atoms with E-state index in [1.165, 1.54) is 18.2 Å². The van der Waals surface area contributed by atoms with Crippen molar-refractivity contribution in [3.05, 3.63) is 34.9 Å². The quantitative estimate of drug-likeness (QED) is 0.471. The number of nitriles is 1. The highest BCUT2D eigenvalue weighted by Gasteiger charge is 2.16. The van der Waals surface area contributed by atoms with Crippen LogP contribution in [0.15, 0.2) is 23.8 Å². The Kier molecular flexibility index (Phi) is 4.05. The summed E-state index contributed by atoms with van der Waals surface area (Å²) in [4.78, 5) is 22.2. The van der Waals surface area contributed by atoms with Crippen molar-refractivity contribution in [2.45, 2.75) is 0 Å². The molecule has 6 nitrogen and oxygen atoms in total. The molecule has 1 aromatic rings. The fourth-order valence-corrected chi connectivity index (χ4v) is 1.31. The molecule has 0 aliphatic heterocycles. The average Bonchev–Trinajstić information content (AvgIpc) is 2.34. The number of benzene rings is 1. The number of aromatic hydroxyl groups is 1. The lowest BCUT2D eigenvalue weighted by Gasteiger charge is -2.04. The molecule has 0 saturated carbocycles. The monoisotopic (exact) mass is 247 g/mol. The smallest absolute Gasteiger partial charge is 0.348 e. The van der Waals surface area contributed by atoms with Crippen molar-refractivity contribution in [1.29, 1.82) is 5.26 Å². The lowest BCUT2D eigenvalue weighted by molar-refractivity contribution is -0.135. The van der Waals surface area contributed by atoms with Gasteiger partial charge in [-0.15, -0.1) is 0 Å². The first kappa shape index (κ1) is 13.3. The van der Waals surface area contributed by atoms with Crippen LogP contribution in [0.1, 0.15) is 15.9 Å². The van der Waals surface area contributed by atoms with Gasteiger partial charge in [0.2, 0.25) is 0 Å². The number of ether oxygens (including phenoxy) is 1. The molecule has 0 spiro atoms. The number of carboxylic acid groups (broad SMARTS) is 1. The average molecular weight is 247 g/mol. The second-order valence-corrected chi connectivity index (χ2v) is 3.21. The number of nitrogens with zero attached hydrogens (tertiary/aromatic N) is 1. The van der Waals surface area contributed by atoms with E-state index >= 15 is 0 Å². The number of hydrogen-bond acceptors (Lipinski definition) is 5. The van der Waals surface area contributed by atoms with E-state index in [0.717, 1.165) is 13.2 Å². The number of methoxy groups -OCH3 is 1. The van der Waals surface area contributed by atoms with Crippen molar-refractivity contribution < 1.29 is 24.5 Å². The standard InChI is InChI=1S/C12H9NO5/c1-18-12(17)8(6-13)5-7-3-2-4-9(14)10(7)11(15)16/h2-5,14H,1H3,(H,15,16)/b8-5+. The van der Waals surface area contributed by atoms with Crippen LogP contribution in [0.3, 0.4) is 0 Å². The first-order valence-electron chi connectivity index (χ1n) is 4.76. The predicted molar refractivity (Wildman–Crippen MR) is 60.7 cm³/mol. The minimum absolute atomic E-state index is 0.0458. The Morgan fingerprint density at radius 3 is 2.61 bits per heavy atom. The van der Waals surface area contributed by atoms with Crippen LogP contribution in [0.4, 0.5) is 0 Å². The van der Waals surface area contributed by atoms with E-state index in [9.17, 15) is 14.7 Å².